The second-order valence-electron chi connectivity index (χ2n) is 4.40. The standard InChI is InChI=1S/C13H16ClN3O/c1-9(13-15-10(2)16-18-13)17(3)8-11-4-6-12(14)7-5-11/h4-7,9H,8H2,1-3H3/t9-/m0/s1. The molecule has 0 spiro atoms. The normalized spacial score (nSPS) is 12.9. The Kier molecular flexibility index (Phi) is 3.99. The third-order valence-corrected chi connectivity index (χ3v) is 3.16. The van der Waals surface area contributed by atoms with E-state index in [9.17, 15) is 0 Å². The van der Waals surface area contributed by atoms with Gasteiger partial charge in [-0.2, -0.15) is 4.98 Å². The molecule has 1 heterocycles. The van der Waals surface area contributed by atoms with Gasteiger partial charge < -0.3 is 4.52 Å². The molecule has 2 aromatic rings. The predicted octanol–water partition coefficient (Wildman–Crippen LogP) is 3.22. The van der Waals surface area contributed by atoms with Gasteiger partial charge in [-0.3, -0.25) is 4.90 Å². The largest absolute Gasteiger partial charge is 0.338 e. The van der Waals surface area contributed by atoms with E-state index in [1.165, 1.54) is 5.56 Å². The van der Waals surface area contributed by atoms with Crippen LogP contribution < -0.4 is 0 Å². The smallest absolute Gasteiger partial charge is 0.243 e. The van der Waals surface area contributed by atoms with Crippen LogP contribution in [-0.2, 0) is 6.54 Å². The lowest BCUT2D eigenvalue weighted by atomic mass is 10.2. The Balaban J connectivity index is 2.03. The van der Waals surface area contributed by atoms with E-state index in [1.807, 2.05) is 45.2 Å². The fourth-order valence-corrected chi connectivity index (χ4v) is 1.81. The Bertz CT molecular complexity index is 509. The summed E-state index contributed by atoms with van der Waals surface area (Å²) in [6.07, 6.45) is 0. The van der Waals surface area contributed by atoms with Crippen LogP contribution in [0.2, 0.25) is 5.02 Å². The zero-order valence-corrected chi connectivity index (χ0v) is 11.5. The molecule has 1 aromatic carbocycles. The third kappa shape index (κ3) is 3.09. The summed E-state index contributed by atoms with van der Waals surface area (Å²) in [6, 6.07) is 7.91. The van der Waals surface area contributed by atoms with Crippen molar-refractivity contribution in [3.63, 3.8) is 0 Å². The fourth-order valence-electron chi connectivity index (χ4n) is 1.69. The van der Waals surface area contributed by atoms with Crippen molar-refractivity contribution in [1.29, 1.82) is 0 Å². The topological polar surface area (TPSA) is 42.2 Å². The second-order valence-corrected chi connectivity index (χ2v) is 4.83. The van der Waals surface area contributed by atoms with Gasteiger partial charge in [0.25, 0.3) is 0 Å². The molecule has 0 saturated carbocycles. The fraction of sp³-hybridized carbons (Fsp3) is 0.385. The molecule has 0 N–H and O–H groups in total. The quantitative estimate of drug-likeness (QED) is 0.851. The predicted molar refractivity (Wildman–Crippen MR) is 70.4 cm³/mol. The molecule has 0 radical (unpaired) electrons. The Labute approximate surface area is 112 Å². The number of aryl methyl sites for hydroxylation is 1. The molecule has 1 atom stereocenters. The van der Waals surface area contributed by atoms with Gasteiger partial charge in [-0.25, -0.2) is 0 Å². The van der Waals surface area contributed by atoms with Crippen LogP contribution >= 0.6 is 11.6 Å². The molecule has 0 aliphatic rings. The second kappa shape index (κ2) is 5.50. The molecule has 0 unspecified atom stereocenters. The number of rotatable bonds is 4. The molecule has 1 aromatic heterocycles. The SMILES string of the molecule is Cc1noc([C@H](C)N(C)Cc2ccc(Cl)cc2)n1. The van der Waals surface area contributed by atoms with E-state index in [4.69, 9.17) is 16.1 Å². The Morgan fingerprint density at radius 3 is 2.56 bits per heavy atom. The number of benzene rings is 1. The zero-order chi connectivity index (χ0) is 13.1. The number of halogens is 1. The molecule has 5 heteroatoms. The number of hydrogen-bond donors (Lipinski definition) is 0. The zero-order valence-electron chi connectivity index (χ0n) is 10.7. The molecule has 0 aliphatic carbocycles. The summed E-state index contributed by atoms with van der Waals surface area (Å²) < 4.78 is 5.18. The first-order valence-electron chi connectivity index (χ1n) is 5.81. The summed E-state index contributed by atoms with van der Waals surface area (Å²) in [5, 5.41) is 4.56. The summed E-state index contributed by atoms with van der Waals surface area (Å²) in [5.74, 6) is 1.31. The average Bonchev–Trinajstić information content (AvgIpc) is 2.78. The van der Waals surface area contributed by atoms with Crippen LogP contribution in [0.3, 0.4) is 0 Å². The van der Waals surface area contributed by atoms with Crippen molar-refractivity contribution in [3.05, 3.63) is 46.6 Å². The molecule has 4 nitrogen and oxygen atoms in total. The van der Waals surface area contributed by atoms with Crippen molar-refractivity contribution < 1.29 is 4.52 Å². The summed E-state index contributed by atoms with van der Waals surface area (Å²) >= 11 is 5.86. The highest BCUT2D eigenvalue weighted by Gasteiger charge is 2.17. The van der Waals surface area contributed by atoms with E-state index in [2.05, 4.69) is 15.0 Å². The van der Waals surface area contributed by atoms with E-state index >= 15 is 0 Å². The highest BCUT2D eigenvalue weighted by Crippen LogP contribution is 2.19. The van der Waals surface area contributed by atoms with E-state index in [0.29, 0.717) is 11.7 Å². The molecule has 2 rings (SSSR count). The lowest BCUT2D eigenvalue weighted by Crippen LogP contribution is -2.22. The van der Waals surface area contributed by atoms with E-state index in [1.54, 1.807) is 0 Å². The van der Waals surface area contributed by atoms with Gasteiger partial charge in [0.2, 0.25) is 5.89 Å². The minimum Gasteiger partial charge on any atom is -0.338 e. The highest BCUT2D eigenvalue weighted by molar-refractivity contribution is 6.30. The molecule has 96 valence electrons. The van der Waals surface area contributed by atoms with Gasteiger partial charge in [0.15, 0.2) is 5.82 Å². The van der Waals surface area contributed by atoms with Crippen molar-refractivity contribution in [2.75, 3.05) is 7.05 Å². The molecular weight excluding hydrogens is 250 g/mol. The first-order valence-corrected chi connectivity index (χ1v) is 6.19. The van der Waals surface area contributed by atoms with Gasteiger partial charge in [-0.05, 0) is 38.6 Å². The van der Waals surface area contributed by atoms with Crippen LogP contribution in [0.25, 0.3) is 0 Å². The Hall–Kier alpha value is -1.39. The molecule has 0 aliphatic heterocycles. The van der Waals surface area contributed by atoms with E-state index < -0.39 is 0 Å². The van der Waals surface area contributed by atoms with Crippen LogP contribution in [0.1, 0.15) is 30.2 Å². The summed E-state index contributed by atoms with van der Waals surface area (Å²) in [5.41, 5.74) is 1.20. The molecule has 0 saturated heterocycles. The average molecular weight is 266 g/mol. The molecular formula is C13H16ClN3O. The maximum absolute atomic E-state index is 5.86. The maximum Gasteiger partial charge on any atom is 0.243 e. The van der Waals surface area contributed by atoms with Gasteiger partial charge in [0.05, 0.1) is 6.04 Å². The number of hydrogen-bond acceptors (Lipinski definition) is 4. The minimum absolute atomic E-state index is 0.0851. The Morgan fingerprint density at radius 2 is 2.00 bits per heavy atom. The number of nitrogens with zero attached hydrogens (tertiary/aromatic N) is 3. The van der Waals surface area contributed by atoms with Crippen molar-refractivity contribution in [2.45, 2.75) is 26.4 Å². The number of aromatic nitrogens is 2. The van der Waals surface area contributed by atoms with Crippen molar-refractivity contribution in [2.24, 2.45) is 0 Å². The van der Waals surface area contributed by atoms with Crippen LogP contribution in [0.15, 0.2) is 28.8 Å². The van der Waals surface area contributed by atoms with Gasteiger partial charge in [-0.1, -0.05) is 28.9 Å². The molecule has 0 fully saturated rings. The van der Waals surface area contributed by atoms with Crippen molar-refractivity contribution in [1.82, 2.24) is 15.0 Å². The van der Waals surface area contributed by atoms with Crippen LogP contribution in [0.5, 0.6) is 0 Å². The first-order chi connectivity index (χ1) is 8.56. The Morgan fingerprint density at radius 1 is 1.33 bits per heavy atom. The highest BCUT2D eigenvalue weighted by atomic mass is 35.5. The van der Waals surface area contributed by atoms with Gasteiger partial charge in [0.1, 0.15) is 0 Å². The summed E-state index contributed by atoms with van der Waals surface area (Å²) in [6.45, 7) is 4.67. The van der Waals surface area contributed by atoms with Gasteiger partial charge >= 0.3 is 0 Å². The summed E-state index contributed by atoms with van der Waals surface area (Å²) in [4.78, 5) is 6.40. The summed E-state index contributed by atoms with van der Waals surface area (Å²) in [7, 11) is 2.03. The lowest BCUT2D eigenvalue weighted by molar-refractivity contribution is 0.202. The van der Waals surface area contributed by atoms with Crippen LogP contribution in [0, 0.1) is 6.92 Å². The van der Waals surface area contributed by atoms with Crippen LogP contribution in [0.4, 0.5) is 0 Å². The first kappa shape index (κ1) is 13.1. The minimum atomic E-state index is 0.0851. The van der Waals surface area contributed by atoms with Gasteiger partial charge in [-0.15, -0.1) is 0 Å². The van der Waals surface area contributed by atoms with E-state index in [-0.39, 0.29) is 6.04 Å². The monoisotopic (exact) mass is 265 g/mol. The molecule has 18 heavy (non-hydrogen) atoms. The van der Waals surface area contributed by atoms with Gasteiger partial charge in [0, 0.05) is 11.6 Å². The van der Waals surface area contributed by atoms with E-state index in [0.717, 1.165) is 11.6 Å². The van der Waals surface area contributed by atoms with Crippen LogP contribution in [-0.4, -0.2) is 22.1 Å². The van der Waals surface area contributed by atoms with Crippen molar-refractivity contribution >= 4 is 11.6 Å². The third-order valence-electron chi connectivity index (χ3n) is 2.91. The molecule has 0 bridgehead atoms. The maximum atomic E-state index is 5.86. The van der Waals surface area contributed by atoms with Crippen molar-refractivity contribution in [3.8, 4) is 0 Å². The molecule has 0 amide bonds. The lowest BCUT2D eigenvalue weighted by Gasteiger charge is -2.21.